The first-order valence-electron chi connectivity index (χ1n) is 6.98. The van der Waals surface area contributed by atoms with Gasteiger partial charge in [0.1, 0.15) is 5.60 Å². The summed E-state index contributed by atoms with van der Waals surface area (Å²) in [6, 6.07) is 0.146. The first-order valence-corrected chi connectivity index (χ1v) is 7.78. The zero-order valence-corrected chi connectivity index (χ0v) is 14.4. The number of hydrogen-bond donors (Lipinski definition) is 0. The van der Waals surface area contributed by atoms with Gasteiger partial charge in [0.2, 0.25) is 5.95 Å². The third kappa shape index (κ3) is 4.30. The van der Waals surface area contributed by atoms with E-state index in [-0.39, 0.29) is 12.1 Å². The maximum absolute atomic E-state index is 12.1. The monoisotopic (exact) mass is 356 g/mol. The van der Waals surface area contributed by atoms with Crippen molar-refractivity contribution in [3.05, 3.63) is 16.9 Å². The SMILES string of the molecule is C[C@H]1CN(C(=O)OC(C)(C)C)CCN1c1ncc(Br)cn1. The Morgan fingerprint density at radius 2 is 1.95 bits per heavy atom. The Morgan fingerprint density at radius 1 is 1.33 bits per heavy atom. The molecular weight excluding hydrogens is 336 g/mol. The second-order valence-electron chi connectivity index (χ2n) is 6.17. The highest BCUT2D eigenvalue weighted by Crippen LogP contribution is 2.19. The van der Waals surface area contributed by atoms with Gasteiger partial charge in [0.05, 0.1) is 4.47 Å². The number of halogens is 1. The van der Waals surface area contributed by atoms with Crippen LogP contribution in [0, 0.1) is 0 Å². The largest absolute Gasteiger partial charge is 0.444 e. The van der Waals surface area contributed by atoms with Crippen LogP contribution in [0.3, 0.4) is 0 Å². The van der Waals surface area contributed by atoms with Crippen molar-refractivity contribution < 1.29 is 9.53 Å². The maximum Gasteiger partial charge on any atom is 0.410 e. The third-order valence-electron chi connectivity index (χ3n) is 3.14. The summed E-state index contributed by atoms with van der Waals surface area (Å²) in [6.07, 6.45) is 3.20. The quantitative estimate of drug-likeness (QED) is 0.774. The molecule has 1 aromatic heterocycles. The van der Waals surface area contributed by atoms with Crippen LogP contribution in [0.15, 0.2) is 16.9 Å². The molecule has 1 amide bonds. The lowest BCUT2D eigenvalue weighted by Gasteiger charge is -2.40. The number of piperazine rings is 1. The van der Waals surface area contributed by atoms with Crippen LogP contribution in [0.1, 0.15) is 27.7 Å². The molecule has 7 heteroatoms. The zero-order valence-electron chi connectivity index (χ0n) is 12.8. The molecule has 0 unspecified atom stereocenters. The normalized spacial score (nSPS) is 19.6. The summed E-state index contributed by atoms with van der Waals surface area (Å²) >= 11 is 3.33. The van der Waals surface area contributed by atoms with Crippen molar-refractivity contribution in [3.63, 3.8) is 0 Å². The molecule has 1 aliphatic heterocycles. The standard InChI is InChI=1S/C14H21BrN4O2/c1-10-9-18(13(20)21-14(2,3)4)5-6-19(10)12-16-7-11(15)8-17-12/h7-8,10H,5-6,9H2,1-4H3/t10-/m0/s1. The molecule has 0 aromatic carbocycles. The lowest BCUT2D eigenvalue weighted by molar-refractivity contribution is 0.0218. The number of hydrogen-bond acceptors (Lipinski definition) is 5. The molecule has 1 atom stereocenters. The van der Waals surface area contributed by atoms with Gasteiger partial charge < -0.3 is 14.5 Å². The summed E-state index contributed by atoms with van der Waals surface area (Å²) in [4.78, 5) is 24.6. The first kappa shape index (κ1) is 16.0. The summed E-state index contributed by atoms with van der Waals surface area (Å²) < 4.78 is 6.27. The van der Waals surface area contributed by atoms with Crippen molar-refractivity contribution in [1.29, 1.82) is 0 Å². The lowest BCUT2D eigenvalue weighted by atomic mass is 10.2. The molecule has 2 heterocycles. The Morgan fingerprint density at radius 3 is 2.48 bits per heavy atom. The molecular formula is C14H21BrN4O2. The molecule has 1 fully saturated rings. The summed E-state index contributed by atoms with van der Waals surface area (Å²) in [7, 11) is 0. The smallest absolute Gasteiger partial charge is 0.410 e. The number of carbonyl (C=O) groups excluding carboxylic acids is 1. The van der Waals surface area contributed by atoms with E-state index in [9.17, 15) is 4.79 Å². The predicted octanol–water partition coefficient (Wildman–Crippen LogP) is 2.68. The fourth-order valence-corrected chi connectivity index (χ4v) is 2.41. The molecule has 21 heavy (non-hydrogen) atoms. The van der Waals surface area contributed by atoms with E-state index < -0.39 is 5.60 Å². The van der Waals surface area contributed by atoms with E-state index in [1.807, 2.05) is 20.8 Å². The molecule has 0 N–H and O–H groups in total. The van der Waals surface area contributed by atoms with Crippen LogP contribution in [0.4, 0.5) is 10.7 Å². The Bertz CT molecular complexity index is 501. The molecule has 1 saturated heterocycles. The second kappa shape index (κ2) is 6.17. The summed E-state index contributed by atoms with van der Waals surface area (Å²) in [6.45, 7) is 9.59. The van der Waals surface area contributed by atoms with Crippen molar-refractivity contribution in [2.24, 2.45) is 0 Å². The zero-order chi connectivity index (χ0) is 15.6. The van der Waals surface area contributed by atoms with Crippen molar-refractivity contribution >= 4 is 28.0 Å². The second-order valence-corrected chi connectivity index (χ2v) is 7.09. The van der Waals surface area contributed by atoms with Gasteiger partial charge in [-0.2, -0.15) is 0 Å². The minimum atomic E-state index is -0.466. The average molecular weight is 357 g/mol. The molecule has 1 aromatic rings. The van der Waals surface area contributed by atoms with E-state index in [1.165, 1.54) is 0 Å². The minimum Gasteiger partial charge on any atom is -0.444 e. The molecule has 0 spiro atoms. The van der Waals surface area contributed by atoms with E-state index in [4.69, 9.17) is 4.74 Å². The van der Waals surface area contributed by atoms with Crippen LogP contribution >= 0.6 is 15.9 Å². The molecule has 116 valence electrons. The Kier molecular flexibility index (Phi) is 4.70. The highest BCUT2D eigenvalue weighted by atomic mass is 79.9. The minimum absolute atomic E-state index is 0.146. The number of rotatable bonds is 1. The van der Waals surface area contributed by atoms with Gasteiger partial charge in [0.15, 0.2) is 0 Å². The van der Waals surface area contributed by atoms with Crippen LogP contribution in [-0.4, -0.2) is 52.2 Å². The van der Waals surface area contributed by atoms with Gasteiger partial charge >= 0.3 is 6.09 Å². The Balaban J connectivity index is 1.99. The fourth-order valence-electron chi connectivity index (χ4n) is 2.20. The predicted molar refractivity (Wildman–Crippen MR) is 84.3 cm³/mol. The van der Waals surface area contributed by atoms with E-state index in [1.54, 1.807) is 17.3 Å². The molecule has 0 saturated carbocycles. The molecule has 0 aliphatic carbocycles. The third-order valence-corrected chi connectivity index (χ3v) is 3.55. The van der Waals surface area contributed by atoms with Crippen molar-refractivity contribution in [3.8, 4) is 0 Å². The maximum atomic E-state index is 12.1. The van der Waals surface area contributed by atoms with Crippen LogP contribution < -0.4 is 4.90 Å². The summed E-state index contributed by atoms with van der Waals surface area (Å²) in [5.74, 6) is 0.689. The highest BCUT2D eigenvalue weighted by Gasteiger charge is 2.30. The van der Waals surface area contributed by atoms with Crippen LogP contribution in [0.2, 0.25) is 0 Å². The fraction of sp³-hybridized carbons (Fsp3) is 0.643. The van der Waals surface area contributed by atoms with Gasteiger partial charge in [-0.1, -0.05) is 0 Å². The van der Waals surface area contributed by atoms with Gasteiger partial charge in [0.25, 0.3) is 0 Å². The Labute approximate surface area is 133 Å². The van der Waals surface area contributed by atoms with Gasteiger partial charge in [-0.15, -0.1) is 0 Å². The van der Waals surface area contributed by atoms with Crippen LogP contribution in [-0.2, 0) is 4.74 Å². The average Bonchev–Trinajstić information content (AvgIpc) is 2.38. The number of amides is 1. The molecule has 6 nitrogen and oxygen atoms in total. The lowest BCUT2D eigenvalue weighted by Crippen LogP contribution is -2.55. The Hall–Kier alpha value is -1.37. The van der Waals surface area contributed by atoms with Crippen molar-refractivity contribution in [2.75, 3.05) is 24.5 Å². The van der Waals surface area contributed by atoms with Crippen LogP contribution in [0.25, 0.3) is 0 Å². The number of aromatic nitrogens is 2. The van der Waals surface area contributed by atoms with E-state index in [2.05, 4.69) is 37.7 Å². The number of ether oxygens (including phenoxy) is 1. The number of anilines is 1. The summed E-state index contributed by atoms with van der Waals surface area (Å²) in [5, 5.41) is 0. The summed E-state index contributed by atoms with van der Waals surface area (Å²) in [5.41, 5.74) is -0.466. The number of nitrogens with zero attached hydrogens (tertiary/aromatic N) is 4. The molecule has 1 aliphatic rings. The van der Waals surface area contributed by atoms with Crippen molar-refractivity contribution in [1.82, 2.24) is 14.9 Å². The highest BCUT2D eigenvalue weighted by molar-refractivity contribution is 9.10. The molecule has 0 bridgehead atoms. The van der Waals surface area contributed by atoms with Crippen molar-refractivity contribution in [2.45, 2.75) is 39.3 Å². The van der Waals surface area contributed by atoms with Gasteiger partial charge in [-0.05, 0) is 43.6 Å². The number of carbonyl (C=O) groups is 1. The van der Waals surface area contributed by atoms with Gasteiger partial charge in [-0.3, -0.25) is 0 Å². The van der Waals surface area contributed by atoms with Gasteiger partial charge in [-0.25, -0.2) is 14.8 Å². The first-order chi connectivity index (χ1) is 9.76. The van der Waals surface area contributed by atoms with E-state index in [0.29, 0.717) is 25.6 Å². The van der Waals surface area contributed by atoms with E-state index in [0.717, 1.165) is 4.47 Å². The topological polar surface area (TPSA) is 58.6 Å². The van der Waals surface area contributed by atoms with Crippen LogP contribution in [0.5, 0.6) is 0 Å². The van der Waals surface area contributed by atoms with E-state index >= 15 is 0 Å². The molecule has 2 rings (SSSR count). The molecule has 0 radical (unpaired) electrons. The van der Waals surface area contributed by atoms with Gasteiger partial charge in [0, 0.05) is 38.1 Å².